The molecule has 1 rings (SSSR count). The first-order chi connectivity index (χ1) is 6.65. The molecule has 0 fully saturated rings. The second-order valence-electron chi connectivity index (χ2n) is 3.37. The zero-order chi connectivity index (χ0) is 10.6. The fraction of sp³-hybridized carbons (Fsp3) is 0.455. The highest BCUT2D eigenvalue weighted by Crippen LogP contribution is 2.19. The van der Waals surface area contributed by atoms with E-state index in [1.807, 2.05) is 6.92 Å². The number of ether oxygens (including phenoxy) is 1. The first-order valence-electron chi connectivity index (χ1n) is 4.78. The summed E-state index contributed by atoms with van der Waals surface area (Å²) in [6, 6.07) is 5.06. The molecule has 0 bridgehead atoms. The lowest BCUT2D eigenvalue weighted by Gasteiger charge is -2.12. The van der Waals surface area contributed by atoms with Crippen LogP contribution in [-0.2, 0) is 0 Å². The van der Waals surface area contributed by atoms with Gasteiger partial charge in [0.2, 0.25) is 0 Å². The molecule has 14 heavy (non-hydrogen) atoms. The fourth-order valence-electron chi connectivity index (χ4n) is 1.05. The summed E-state index contributed by atoms with van der Waals surface area (Å²) < 4.78 is 18.7. The highest BCUT2D eigenvalue weighted by Gasteiger charge is 2.07. The molecule has 0 heterocycles. The van der Waals surface area contributed by atoms with Gasteiger partial charge in [0.15, 0.2) is 11.6 Å². The molecule has 1 aromatic carbocycles. The lowest BCUT2D eigenvalue weighted by molar-refractivity contribution is 0.272. The zero-order valence-corrected chi connectivity index (χ0v) is 8.59. The Bertz CT molecular complexity index is 301. The average molecular weight is 197 g/mol. The Morgan fingerprint density at radius 2 is 2.21 bits per heavy atom. The summed E-state index contributed by atoms with van der Waals surface area (Å²) in [5, 5.41) is 0. The summed E-state index contributed by atoms with van der Waals surface area (Å²) >= 11 is 0. The van der Waals surface area contributed by atoms with Crippen LogP contribution in [0.15, 0.2) is 18.2 Å². The van der Waals surface area contributed by atoms with E-state index in [2.05, 4.69) is 0 Å². The van der Waals surface area contributed by atoms with Crippen LogP contribution in [0.4, 0.5) is 4.39 Å². The molecule has 0 spiro atoms. The molecular formula is C11H16FNO. The highest BCUT2D eigenvalue weighted by atomic mass is 19.1. The molecular weight excluding hydrogens is 181 g/mol. The third-order valence-corrected chi connectivity index (χ3v) is 2.13. The summed E-state index contributed by atoms with van der Waals surface area (Å²) in [6.07, 6.45) is 0.827. The number of nitrogens with two attached hydrogens (primary N) is 1. The Balaban J connectivity index is 2.63. The van der Waals surface area contributed by atoms with Crippen molar-refractivity contribution in [3.8, 4) is 5.75 Å². The van der Waals surface area contributed by atoms with Crippen LogP contribution in [0.5, 0.6) is 5.75 Å². The predicted molar refractivity (Wildman–Crippen MR) is 54.9 cm³/mol. The van der Waals surface area contributed by atoms with E-state index >= 15 is 0 Å². The molecule has 0 aromatic heterocycles. The van der Waals surface area contributed by atoms with Crippen LogP contribution in [0.3, 0.4) is 0 Å². The number of benzene rings is 1. The fourth-order valence-corrected chi connectivity index (χ4v) is 1.05. The second-order valence-corrected chi connectivity index (χ2v) is 3.37. The molecule has 2 N–H and O–H groups in total. The van der Waals surface area contributed by atoms with Gasteiger partial charge in [-0.25, -0.2) is 4.39 Å². The van der Waals surface area contributed by atoms with Gasteiger partial charge in [-0.1, -0.05) is 19.1 Å². The molecule has 78 valence electrons. The molecule has 3 heteroatoms. The van der Waals surface area contributed by atoms with E-state index in [1.165, 1.54) is 0 Å². The largest absolute Gasteiger partial charge is 0.489 e. The third-order valence-electron chi connectivity index (χ3n) is 2.13. The second kappa shape index (κ2) is 4.96. The lowest BCUT2D eigenvalue weighted by Crippen LogP contribution is -2.26. The Morgan fingerprint density at radius 1 is 1.50 bits per heavy atom. The van der Waals surface area contributed by atoms with Gasteiger partial charge in [0.1, 0.15) is 6.61 Å². The van der Waals surface area contributed by atoms with E-state index in [-0.39, 0.29) is 17.6 Å². The van der Waals surface area contributed by atoms with Gasteiger partial charge in [-0.05, 0) is 25.0 Å². The number of hydrogen-bond donors (Lipinski definition) is 1. The molecule has 0 amide bonds. The van der Waals surface area contributed by atoms with Gasteiger partial charge in [-0.3, -0.25) is 0 Å². The molecule has 1 aromatic rings. The van der Waals surface area contributed by atoms with Crippen molar-refractivity contribution >= 4 is 0 Å². The van der Waals surface area contributed by atoms with Crippen molar-refractivity contribution < 1.29 is 9.13 Å². The van der Waals surface area contributed by atoms with Crippen LogP contribution in [0.25, 0.3) is 0 Å². The topological polar surface area (TPSA) is 35.2 Å². The molecule has 0 radical (unpaired) electrons. The summed E-state index contributed by atoms with van der Waals surface area (Å²) in [4.78, 5) is 0. The molecule has 0 saturated heterocycles. The van der Waals surface area contributed by atoms with Crippen molar-refractivity contribution in [1.29, 1.82) is 0 Å². The average Bonchev–Trinajstić information content (AvgIpc) is 2.20. The summed E-state index contributed by atoms with van der Waals surface area (Å²) in [6.45, 7) is 4.04. The first-order valence-corrected chi connectivity index (χ1v) is 4.78. The Hall–Kier alpha value is -1.09. The van der Waals surface area contributed by atoms with E-state index in [9.17, 15) is 4.39 Å². The van der Waals surface area contributed by atoms with E-state index in [1.54, 1.807) is 25.1 Å². The smallest absolute Gasteiger partial charge is 0.167 e. The Labute approximate surface area is 83.9 Å². The van der Waals surface area contributed by atoms with Gasteiger partial charge in [0.25, 0.3) is 0 Å². The van der Waals surface area contributed by atoms with Gasteiger partial charge in [-0.2, -0.15) is 0 Å². The van der Waals surface area contributed by atoms with E-state index in [0.717, 1.165) is 6.42 Å². The van der Waals surface area contributed by atoms with Crippen molar-refractivity contribution in [3.63, 3.8) is 0 Å². The first kappa shape index (κ1) is 11.0. The normalized spacial score (nSPS) is 12.6. The van der Waals surface area contributed by atoms with E-state index in [4.69, 9.17) is 10.5 Å². The summed E-state index contributed by atoms with van der Waals surface area (Å²) in [7, 11) is 0. The van der Waals surface area contributed by atoms with E-state index < -0.39 is 0 Å². The molecule has 1 atom stereocenters. The van der Waals surface area contributed by atoms with Crippen LogP contribution in [-0.4, -0.2) is 12.6 Å². The van der Waals surface area contributed by atoms with Crippen LogP contribution >= 0.6 is 0 Å². The van der Waals surface area contributed by atoms with Gasteiger partial charge in [-0.15, -0.1) is 0 Å². The maximum atomic E-state index is 13.4. The van der Waals surface area contributed by atoms with Crippen molar-refractivity contribution in [1.82, 2.24) is 0 Å². The van der Waals surface area contributed by atoms with Crippen LogP contribution in [0.1, 0.15) is 18.9 Å². The predicted octanol–water partition coefficient (Wildman–Crippen LogP) is 2.25. The number of aryl methyl sites for hydroxylation is 1. The molecule has 0 aliphatic carbocycles. The quantitative estimate of drug-likeness (QED) is 0.803. The summed E-state index contributed by atoms with van der Waals surface area (Å²) in [5.41, 5.74) is 6.25. The molecule has 2 nitrogen and oxygen atoms in total. The van der Waals surface area contributed by atoms with E-state index in [0.29, 0.717) is 12.2 Å². The van der Waals surface area contributed by atoms with Crippen molar-refractivity contribution in [3.05, 3.63) is 29.6 Å². The van der Waals surface area contributed by atoms with Crippen LogP contribution < -0.4 is 10.5 Å². The minimum atomic E-state index is -0.296. The van der Waals surface area contributed by atoms with Crippen molar-refractivity contribution in [2.45, 2.75) is 26.3 Å². The lowest BCUT2D eigenvalue weighted by atomic mass is 10.2. The van der Waals surface area contributed by atoms with Crippen LogP contribution in [0.2, 0.25) is 0 Å². The Morgan fingerprint density at radius 3 is 2.86 bits per heavy atom. The maximum Gasteiger partial charge on any atom is 0.167 e. The molecule has 0 aliphatic heterocycles. The molecule has 1 unspecified atom stereocenters. The SMILES string of the molecule is CCC(N)COc1cccc(C)c1F. The molecule has 0 aliphatic rings. The standard InChI is InChI=1S/C11H16FNO/c1-3-9(13)7-14-10-6-4-5-8(2)11(10)12/h4-6,9H,3,7,13H2,1-2H3. The zero-order valence-electron chi connectivity index (χ0n) is 8.59. The number of hydrogen-bond acceptors (Lipinski definition) is 2. The van der Waals surface area contributed by atoms with Crippen molar-refractivity contribution in [2.24, 2.45) is 5.73 Å². The van der Waals surface area contributed by atoms with Gasteiger partial charge < -0.3 is 10.5 Å². The minimum absolute atomic E-state index is 0.0325. The monoisotopic (exact) mass is 197 g/mol. The Kier molecular flexibility index (Phi) is 3.89. The minimum Gasteiger partial charge on any atom is -0.489 e. The van der Waals surface area contributed by atoms with Crippen molar-refractivity contribution in [2.75, 3.05) is 6.61 Å². The third kappa shape index (κ3) is 2.70. The van der Waals surface area contributed by atoms with Crippen LogP contribution in [0, 0.1) is 12.7 Å². The number of rotatable bonds is 4. The maximum absolute atomic E-state index is 13.4. The molecule has 0 saturated carbocycles. The van der Waals surface area contributed by atoms with Gasteiger partial charge in [0, 0.05) is 6.04 Å². The van der Waals surface area contributed by atoms with Gasteiger partial charge >= 0.3 is 0 Å². The summed E-state index contributed by atoms with van der Waals surface area (Å²) in [5.74, 6) is -0.00953. The highest BCUT2D eigenvalue weighted by molar-refractivity contribution is 5.30. The number of halogens is 1. The van der Waals surface area contributed by atoms with Gasteiger partial charge in [0.05, 0.1) is 0 Å².